The zero-order chi connectivity index (χ0) is 21.2. The smallest absolute Gasteiger partial charge is 0.254 e. The van der Waals surface area contributed by atoms with Crippen molar-refractivity contribution >= 4 is 5.91 Å². The highest BCUT2D eigenvalue weighted by Crippen LogP contribution is 2.31. The van der Waals surface area contributed by atoms with Crippen LogP contribution in [0.3, 0.4) is 0 Å². The Morgan fingerprint density at radius 1 is 1.00 bits per heavy atom. The van der Waals surface area contributed by atoms with E-state index in [1.54, 1.807) is 10.9 Å². The van der Waals surface area contributed by atoms with Gasteiger partial charge < -0.3 is 5.32 Å². The molecule has 0 fully saturated rings. The van der Waals surface area contributed by atoms with E-state index in [0.29, 0.717) is 18.1 Å². The molecule has 0 spiro atoms. The van der Waals surface area contributed by atoms with E-state index in [1.807, 2.05) is 37.4 Å². The average molecular weight is 409 g/mol. The van der Waals surface area contributed by atoms with Crippen LogP contribution in [-0.4, -0.2) is 32.2 Å². The highest BCUT2D eigenvalue weighted by atomic mass is 16.1. The Labute approximate surface area is 181 Å². The second-order valence-corrected chi connectivity index (χ2v) is 7.75. The molecule has 6 heteroatoms. The molecular formula is C25H23N5O. The van der Waals surface area contributed by atoms with Crippen LogP contribution >= 0.6 is 0 Å². The number of nitrogens with zero attached hydrogens (tertiary/aromatic N) is 4. The molecule has 1 aliphatic rings. The van der Waals surface area contributed by atoms with Crippen molar-refractivity contribution in [3.63, 3.8) is 0 Å². The van der Waals surface area contributed by atoms with Crippen molar-refractivity contribution in [2.24, 2.45) is 0 Å². The van der Waals surface area contributed by atoms with Crippen molar-refractivity contribution in [1.82, 2.24) is 25.1 Å². The first-order chi connectivity index (χ1) is 15.2. The minimum atomic E-state index is -0.136. The summed E-state index contributed by atoms with van der Waals surface area (Å²) >= 11 is 0. The van der Waals surface area contributed by atoms with Gasteiger partial charge in [0.2, 0.25) is 0 Å². The summed E-state index contributed by atoms with van der Waals surface area (Å²) < 4.78 is 1.64. The van der Waals surface area contributed by atoms with Gasteiger partial charge >= 0.3 is 0 Å². The van der Waals surface area contributed by atoms with Crippen molar-refractivity contribution in [3.05, 3.63) is 94.9 Å². The molecule has 2 heterocycles. The number of nitrogens with one attached hydrogen (secondary N) is 1. The largest absolute Gasteiger partial charge is 0.352 e. The van der Waals surface area contributed by atoms with E-state index in [1.165, 1.54) is 11.1 Å². The van der Waals surface area contributed by atoms with E-state index < -0.39 is 0 Å². The van der Waals surface area contributed by atoms with Gasteiger partial charge in [-0.15, -0.1) is 0 Å². The van der Waals surface area contributed by atoms with E-state index >= 15 is 0 Å². The maximum Gasteiger partial charge on any atom is 0.254 e. The number of carbonyl (C=O) groups is 1. The number of aryl methyl sites for hydroxylation is 2. The highest BCUT2D eigenvalue weighted by molar-refractivity contribution is 5.95. The predicted octanol–water partition coefficient (Wildman–Crippen LogP) is 3.71. The molecule has 31 heavy (non-hydrogen) atoms. The van der Waals surface area contributed by atoms with Crippen LogP contribution in [0.15, 0.2) is 67.0 Å². The Bertz CT molecular complexity index is 1250. The van der Waals surface area contributed by atoms with Gasteiger partial charge in [0.1, 0.15) is 0 Å². The zero-order valence-corrected chi connectivity index (χ0v) is 17.4. The summed E-state index contributed by atoms with van der Waals surface area (Å²) in [6.45, 7) is 2.44. The molecule has 154 valence electrons. The molecule has 1 N–H and O–H groups in total. The maximum absolute atomic E-state index is 12.7. The Hall–Kier alpha value is -3.80. The molecule has 0 atom stereocenters. The molecule has 0 bridgehead atoms. The van der Waals surface area contributed by atoms with Gasteiger partial charge in [0.05, 0.1) is 23.1 Å². The lowest BCUT2D eigenvalue weighted by Gasteiger charge is -2.18. The molecule has 1 aliphatic carbocycles. The van der Waals surface area contributed by atoms with E-state index in [-0.39, 0.29) is 5.91 Å². The number of carbonyl (C=O) groups excluding carboxylic acids is 1. The molecule has 1 amide bonds. The fourth-order valence-corrected chi connectivity index (χ4v) is 4.05. The maximum atomic E-state index is 12.7. The number of benzene rings is 2. The van der Waals surface area contributed by atoms with Crippen LogP contribution < -0.4 is 5.32 Å². The quantitative estimate of drug-likeness (QED) is 0.545. The van der Waals surface area contributed by atoms with E-state index in [9.17, 15) is 4.79 Å². The lowest BCUT2D eigenvalue weighted by atomic mass is 9.90. The first kappa shape index (κ1) is 19.2. The Kier molecular flexibility index (Phi) is 5.04. The second-order valence-electron chi connectivity index (χ2n) is 7.75. The normalized spacial score (nSPS) is 12.2. The summed E-state index contributed by atoms with van der Waals surface area (Å²) in [5.74, 6) is 0.347. The van der Waals surface area contributed by atoms with Crippen molar-refractivity contribution in [2.45, 2.75) is 26.2 Å². The number of rotatable bonds is 5. The number of hydrogen-bond donors (Lipinski definition) is 1. The van der Waals surface area contributed by atoms with Crippen molar-refractivity contribution in [2.75, 3.05) is 6.54 Å². The summed E-state index contributed by atoms with van der Waals surface area (Å²) in [6, 6.07) is 18.5. The topological polar surface area (TPSA) is 72.7 Å². The number of fused-ring (bicyclic) bond motifs is 3. The second kappa shape index (κ2) is 8.14. The number of aromatic nitrogens is 4. The molecule has 2 aromatic carbocycles. The molecule has 4 aromatic rings. The third kappa shape index (κ3) is 3.72. The minimum Gasteiger partial charge on any atom is -0.352 e. The van der Waals surface area contributed by atoms with Gasteiger partial charge in [-0.2, -0.15) is 5.10 Å². The molecule has 0 saturated heterocycles. The Morgan fingerprint density at radius 2 is 1.77 bits per heavy atom. The molecule has 6 nitrogen and oxygen atoms in total. The van der Waals surface area contributed by atoms with Crippen LogP contribution in [0, 0.1) is 6.92 Å². The average Bonchev–Trinajstić information content (AvgIpc) is 3.20. The van der Waals surface area contributed by atoms with Crippen molar-refractivity contribution in [1.29, 1.82) is 0 Å². The highest BCUT2D eigenvalue weighted by Gasteiger charge is 2.21. The third-order valence-corrected chi connectivity index (χ3v) is 5.77. The van der Waals surface area contributed by atoms with Crippen molar-refractivity contribution in [3.8, 4) is 17.2 Å². The zero-order valence-electron chi connectivity index (χ0n) is 17.4. The van der Waals surface area contributed by atoms with Gasteiger partial charge in [0.15, 0.2) is 0 Å². The van der Waals surface area contributed by atoms with Gasteiger partial charge in [-0.3, -0.25) is 4.79 Å². The van der Waals surface area contributed by atoms with E-state index in [2.05, 4.69) is 45.7 Å². The number of hydrogen-bond acceptors (Lipinski definition) is 4. The van der Waals surface area contributed by atoms with Gasteiger partial charge in [-0.05, 0) is 42.9 Å². The molecule has 0 unspecified atom stereocenters. The fraction of sp³-hybridized carbons (Fsp3) is 0.200. The molecule has 0 aliphatic heterocycles. The summed E-state index contributed by atoms with van der Waals surface area (Å²) in [7, 11) is 0. The Balaban J connectivity index is 1.36. The standard InChI is InChI=1S/C25H23N5O/c1-17-22(24(31)26-14-13-18-7-3-2-4-8-18)16-28-30(17)25-27-15-20-12-11-19-9-5-6-10-21(19)23(20)29-25/h2-10,15-16H,11-14H2,1H3,(H,26,31). The third-order valence-electron chi connectivity index (χ3n) is 5.77. The van der Waals surface area contributed by atoms with Crippen LogP contribution in [0.2, 0.25) is 0 Å². The monoisotopic (exact) mass is 409 g/mol. The van der Waals surface area contributed by atoms with Gasteiger partial charge in [0.25, 0.3) is 11.9 Å². The SMILES string of the molecule is Cc1c(C(=O)NCCc2ccccc2)cnn1-c1ncc2c(n1)-c1ccccc1CC2. The van der Waals surface area contributed by atoms with Gasteiger partial charge in [-0.1, -0.05) is 54.6 Å². The fourth-order valence-electron chi connectivity index (χ4n) is 4.05. The van der Waals surface area contributed by atoms with Crippen LogP contribution in [0.25, 0.3) is 17.2 Å². The predicted molar refractivity (Wildman–Crippen MR) is 119 cm³/mol. The summed E-state index contributed by atoms with van der Waals surface area (Å²) in [4.78, 5) is 22.0. The lowest BCUT2D eigenvalue weighted by molar-refractivity contribution is 0.0953. The molecule has 5 rings (SSSR count). The van der Waals surface area contributed by atoms with Crippen LogP contribution in [0.4, 0.5) is 0 Å². The summed E-state index contributed by atoms with van der Waals surface area (Å²) in [6.07, 6.45) is 6.19. The minimum absolute atomic E-state index is 0.136. The lowest BCUT2D eigenvalue weighted by Crippen LogP contribution is -2.26. The van der Waals surface area contributed by atoms with Crippen LogP contribution in [-0.2, 0) is 19.3 Å². The van der Waals surface area contributed by atoms with Crippen LogP contribution in [0.1, 0.15) is 32.7 Å². The van der Waals surface area contributed by atoms with E-state index in [0.717, 1.165) is 41.8 Å². The number of amides is 1. The van der Waals surface area contributed by atoms with E-state index in [4.69, 9.17) is 4.98 Å². The van der Waals surface area contributed by atoms with Gasteiger partial charge in [-0.25, -0.2) is 14.6 Å². The molecule has 0 radical (unpaired) electrons. The van der Waals surface area contributed by atoms with Crippen molar-refractivity contribution < 1.29 is 4.79 Å². The van der Waals surface area contributed by atoms with Crippen LogP contribution in [0.5, 0.6) is 0 Å². The van der Waals surface area contributed by atoms with Gasteiger partial charge in [0, 0.05) is 18.3 Å². The first-order valence-electron chi connectivity index (χ1n) is 10.5. The first-order valence-corrected chi connectivity index (χ1v) is 10.5. The molecule has 0 saturated carbocycles. The Morgan fingerprint density at radius 3 is 2.65 bits per heavy atom. The summed E-state index contributed by atoms with van der Waals surface area (Å²) in [5.41, 5.74) is 7.00. The summed E-state index contributed by atoms with van der Waals surface area (Å²) in [5, 5.41) is 7.39. The molecular weight excluding hydrogens is 386 g/mol. The molecule has 2 aromatic heterocycles.